The van der Waals surface area contributed by atoms with Crippen molar-refractivity contribution in [2.24, 2.45) is 0 Å². The molecule has 0 aliphatic heterocycles. The van der Waals surface area contributed by atoms with Gasteiger partial charge in [0.2, 0.25) is 0 Å². The van der Waals surface area contributed by atoms with E-state index in [1.54, 1.807) is 13.8 Å². The highest BCUT2D eigenvalue weighted by atomic mass is 35.5. The van der Waals surface area contributed by atoms with E-state index < -0.39 is 17.7 Å². The molecule has 2 aromatic rings. The minimum atomic E-state index is -1.14. The van der Waals surface area contributed by atoms with E-state index in [9.17, 15) is 19.1 Å². The topological polar surface area (TPSA) is 66.4 Å². The van der Waals surface area contributed by atoms with Crippen LogP contribution in [0.4, 0.5) is 9.39 Å². The fourth-order valence-electron chi connectivity index (χ4n) is 1.82. The van der Waals surface area contributed by atoms with Gasteiger partial charge in [-0.25, -0.2) is 9.18 Å². The summed E-state index contributed by atoms with van der Waals surface area (Å²) in [5.41, 5.74) is 0.366. The van der Waals surface area contributed by atoms with Crippen LogP contribution in [0.5, 0.6) is 0 Å². The molecule has 0 saturated heterocycles. The molecule has 110 valence electrons. The number of rotatable bonds is 3. The van der Waals surface area contributed by atoms with Gasteiger partial charge in [-0.3, -0.25) is 4.79 Å². The van der Waals surface area contributed by atoms with Crippen LogP contribution in [0.25, 0.3) is 0 Å². The smallest absolute Gasteiger partial charge is 0.338 e. The Balaban J connectivity index is 2.39. The molecule has 0 fully saturated rings. The Hall–Kier alpha value is -1.92. The van der Waals surface area contributed by atoms with Crippen molar-refractivity contribution in [3.63, 3.8) is 0 Å². The van der Waals surface area contributed by atoms with Crippen LogP contribution in [0.3, 0.4) is 0 Å². The number of carboxylic acids is 1. The predicted molar refractivity (Wildman–Crippen MR) is 80.1 cm³/mol. The van der Waals surface area contributed by atoms with Gasteiger partial charge in [0.15, 0.2) is 5.82 Å². The number of carbonyl (C=O) groups is 2. The van der Waals surface area contributed by atoms with Crippen LogP contribution < -0.4 is 5.32 Å². The normalized spacial score (nSPS) is 10.5. The second kappa shape index (κ2) is 5.83. The Bertz CT molecular complexity index is 742. The van der Waals surface area contributed by atoms with E-state index in [0.717, 1.165) is 16.2 Å². The fourth-order valence-corrected chi connectivity index (χ4v) is 3.04. The highest BCUT2D eigenvalue weighted by molar-refractivity contribution is 7.16. The Kier molecular flexibility index (Phi) is 4.29. The summed E-state index contributed by atoms with van der Waals surface area (Å²) in [6.45, 7) is 3.41. The monoisotopic (exact) mass is 327 g/mol. The van der Waals surface area contributed by atoms with Gasteiger partial charge in [0.05, 0.1) is 16.1 Å². The zero-order chi connectivity index (χ0) is 15.7. The quantitative estimate of drug-likeness (QED) is 0.891. The maximum absolute atomic E-state index is 13.8. The number of halogens is 2. The van der Waals surface area contributed by atoms with Crippen molar-refractivity contribution in [1.29, 1.82) is 0 Å². The van der Waals surface area contributed by atoms with Crippen molar-refractivity contribution in [2.75, 3.05) is 5.32 Å². The van der Waals surface area contributed by atoms with Gasteiger partial charge in [-0.15, -0.1) is 11.3 Å². The first-order valence-corrected chi connectivity index (χ1v) is 7.11. The van der Waals surface area contributed by atoms with Crippen LogP contribution in [0.1, 0.15) is 31.2 Å². The lowest BCUT2D eigenvalue weighted by molar-refractivity contribution is 0.0697. The van der Waals surface area contributed by atoms with Gasteiger partial charge in [0, 0.05) is 4.88 Å². The third-order valence-electron chi connectivity index (χ3n) is 3.02. The number of hydrogen-bond donors (Lipinski definition) is 2. The molecule has 1 heterocycles. The van der Waals surface area contributed by atoms with E-state index in [1.807, 2.05) is 0 Å². The third kappa shape index (κ3) is 2.91. The first-order chi connectivity index (χ1) is 9.82. The van der Waals surface area contributed by atoms with Crippen LogP contribution in [0.2, 0.25) is 5.02 Å². The zero-order valence-corrected chi connectivity index (χ0v) is 12.7. The Morgan fingerprint density at radius 1 is 1.33 bits per heavy atom. The van der Waals surface area contributed by atoms with Crippen LogP contribution >= 0.6 is 22.9 Å². The summed E-state index contributed by atoms with van der Waals surface area (Å²) >= 11 is 6.76. The molecule has 0 saturated carbocycles. The van der Waals surface area contributed by atoms with Gasteiger partial charge in [-0.05, 0) is 31.5 Å². The Labute approximate surface area is 129 Å². The molecule has 1 aromatic carbocycles. The molecule has 2 N–H and O–H groups in total. The van der Waals surface area contributed by atoms with Crippen molar-refractivity contribution < 1.29 is 19.1 Å². The average Bonchev–Trinajstić information content (AvgIpc) is 2.67. The molecule has 0 atom stereocenters. The highest BCUT2D eigenvalue weighted by Gasteiger charge is 2.22. The molecule has 0 aliphatic rings. The predicted octanol–water partition coefficient (Wildman–Crippen LogP) is 4.11. The van der Waals surface area contributed by atoms with E-state index >= 15 is 0 Å². The second-order valence-electron chi connectivity index (χ2n) is 4.35. The van der Waals surface area contributed by atoms with Crippen molar-refractivity contribution >= 4 is 39.8 Å². The maximum atomic E-state index is 13.8. The standard InChI is InChI=1S/C14H11ClFNO3S/c1-6-7(2)21-13(10(6)14(19)20)17-12(18)8-4-3-5-9(15)11(8)16/h3-5H,1-2H3,(H,17,18)(H,19,20). The Morgan fingerprint density at radius 3 is 2.62 bits per heavy atom. The molecule has 0 spiro atoms. The minimum absolute atomic E-state index is 0.0216. The summed E-state index contributed by atoms with van der Waals surface area (Å²) in [6.07, 6.45) is 0. The number of aromatic carboxylic acids is 1. The molecule has 1 aromatic heterocycles. The molecule has 7 heteroatoms. The van der Waals surface area contributed by atoms with E-state index in [2.05, 4.69) is 5.32 Å². The SMILES string of the molecule is Cc1sc(NC(=O)c2cccc(Cl)c2F)c(C(=O)O)c1C. The van der Waals surface area contributed by atoms with E-state index in [0.29, 0.717) is 5.56 Å². The fraction of sp³-hybridized carbons (Fsp3) is 0.143. The lowest BCUT2D eigenvalue weighted by Gasteiger charge is -2.06. The van der Waals surface area contributed by atoms with Gasteiger partial charge in [-0.1, -0.05) is 17.7 Å². The third-order valence-corrected chi connectivity index (χ3v) is 4.44. The lowest BCUT2D eigenvalue weighted by Crippen LogP contribution is -2.15. The van der Waals surface area contributed by atoms with E-state index in [1.165, 1.54) is 18.2 Å². The van der Waals surface area contributed by atoms with Gasteiger partial charge < -0.3 is 10.4 Å². The van der Waals surface area contributed by atoms with Crippen molar-refractivity contribution in [3.05, 3.63) is 50.6 Å². The molecule has 2 rings (SSSR count). The highest BCUT2D eigenvalue weighted by Crippen LogP contribution is 2.33. The number of carboxylic acid groups (broad SMARTS) is 1. The number of amides is 1. The van der Waals surface area contributed by atoms with E-state index in [4.69, 9.17) is 11.6 Å². The first-order valence-electron chi connectivity index (χ1n) is 5.91. The number of carbonyl (C=O) groups excluding carboxylic acids is 1. The maximum Gasteiger partial charge on any atom is 0.338 e. The van der Waals surface area contributed by atoms with Crippen molar-refractivity contribution in [3.8, 4) is 0 Å². The van der Waals surface area contributed by atoms with Crippen LogP contribution in [-0.4, -0.2) is 17.0 Å². The summed E-state index contributed by atoms with van der Waals surface area (Å²) in [5, 5.41) is 11.7. The number of benzene rings is 1. The molecular formula is C14H11ClFNO3S. The number of hydrogen-bond acceptors (Lipinski definition) is 3. The summed E-state index contributed by atoms with van der Waals surface area (Å²) < 4.78 is 13.8. The molecule has 0 bridgehead atoms. The molecule has 0 aliphatic carbocycles. The second-order valence-corrected chi connectivity index (χ2v) is 5.98. The van der Waals surface area contributed by atoms with Gasteiger partial charge in [0.25, 0.3) is 5.91 Å². The Morgan fingerprint density at radius 2 is 2.00 bits per heavy atom. The zero-order valence-electron chi connectivity index (χ0n) is 11.2. The van der Waals surface area contributed by atoms with Crippen LogP contribution in [0, 0.1) is 19.7 Å². The number of nitrogens with one attached hydrogen (secondary N) is 1. The van der Waals surface area contributed by atoms with Crippen molar-refractivity contribution in [2.45, 2.75) is 13.8 Å². The summed E-state index contributed by atoms with van der Waals surface area (Å²) in [6, 6.07) is 4.06. The number of thiophene rings is 1. The molecule has 4 nitrogen and oxygen atoms in total. The number of anilines is 1. The minimum Gasteiger partial charge on any atom is -0.478 e. The van der Waals surface area contributed by atoms with Crippen LogP contribution in [0.15, 0.2) is 18.2 Å². The molecular weight excluding hydrogens is 317 g/mol. The molecule has 0 radical (unpaired) electrons. The largest absolute Gasteiger partial charge is 0.478 e. The van der Waals surface area contributed by atoms with Gasteiger partial charge >= 0.3 is 5.97 Å². The summed E-state index contributed by atoms with van der Waals surface area (Å²) in [5.74, 6) is -2.71. The molecule has 1 amide bonds. The number of aryl methyl sites for hydroxylation is 1. The average molecular weight is 328 g/mol. The van der Waals surface area contributed by atoms with Crippen LogP contribution in [-0.2, 0) is 0 Å². The molecule has 21 heavy (non-hydrogen) atoms. The summed E-state index contributed by atoms with van der Waals surface area (Å²) in [7, 11) is 0. The first kappa shape index (κ1) is 15.5. The molecule has 0 unspecified atom stereocenters. The van der Waals surface area contributed by atoms with E-state index in [-0.39, 0.29) is 21.2 Å². The lowest BCUT2D eigenvalue weighted by atomic mass is 10.1. The van der Waals surface area contributed by atoms with Crippen molar-refractivity contribution in [1.82, 2.24) is 0 Å². The van der Waals surface area contributed by atoms with Gasteiger partial charge in [-0.2, -0.15) is 0 Å². The van der Waals surface area contributed by atoms with Gasteiger partial charge in [0.1, 0.15) is 5.00 Å². The summed E-state index contributed by atoms with van der Waals surface area (Å²) in [4.78, 5) is 24.1.